The maximum absolute atomic E-state index is 4.46. The zero-order valence-electron chi connectivity index (χ0n) is 12.6. The van der Waals surface area contributed by atoms with Gasteiger partial charge in [0.15, 0.2) is 5.82 Å². The number of hydrogen-bond donors (Lipinski definition) is 0. The number of thioether (sulfide) groups is 1. The fraction of sp³-hybridized carbons (Fsp3) is 0.267. The molecule has 1 aromatic carbocycles. The Kier molecular flexibility index (Phi) is 4.15. The number of hydrogen-bond acceptors (Lipinski definition) is 6. The summed E-state index contributed by atoms with van der Waals surface area (Å²) in [5.41, 5.74) is 1.91. The smallest absolute Gasteiger partial charge is 0.169 e. The maximum atomic E-state index is 4.46. The average Bonchev–Trinajstić information content (AvgIpc) is 2.96. The summed E-state index contributed by atoms with van der Waals surface area (Å²) in [5.74, 6) is 1.57. The van der Waals surface area contributed by atoms with Crippen LogP contribution in [0.25, 0.3) is 5.69 Å². The summed E-state index contributed by atoms with van der Waals surface area (Å²) in [4.78, 5) is 8.76. The molecule has 0 saturated heterocycles. The molecule has 0 aliphatic rings. The second kappa shape index (κ2) is 6.23. The van der Waals surface area contributed by atoms with E-state index in [1.54, 1.807) is 16.4 Å². The van der Waals surface area contributed by atoms with Crippen molar-refractivity contribution in [3.8, 4) is 5.69 Å². The van der Waals surface area contributed by atoms with Gasteiger partial charge in [-0.1, -0.05) is 30.0 Å². The lowest BCUT2D eigenvalue weighted by Crippen LogP contribution is -2.05. The quantitative estimate of drug-likeness (QED) is 0.545. The van der Waals surface area contributed by atoms with E-state index in [0.29, 0.717) is 0 Å². The van der Waals surface area contributed by atoms with Gasteiger partial charge >= 0.3 is 0 Å². The molecule has 0 amide bonds. The van der Waals surface area contributed by atoms with Gasteiger partial charge in [-0.15, -0.1) is 5.10 Å². The average molecular weight is 312 g/mol. The molecule has 3 rings (SSSR count). The lowest BCUT2D eigenvalue weighted by molar-refractivity contribution is 0.762. The molecule has 0 aliphatic heterocycles. The van der Waals surface area contributed by atoms with Crippen molar-refractivity contribution in [1.29, 1.82) is 0 Å². The van der Waals surface area contributed by atoms with E-state index in [1.807, 2.05) is 50.2 Å². The van der Waals surface area contributed by atoms with Gasteiger partial charge in [-0.05, 0) is 49.4 Å². The predicted octanol–water partition coefficient (Wildman–Crippen LogP) is 2.92. The predicted molar refractivity (Wildman–Crippen MR) is 84.9 cm³/mol. The van der Waals surface area contributed by atoms with E-state index in [1.165, 1.54) is 0 Å². The van der Waals surface area contributed by atoms with E-state index in [0.717, 1.165) is 28.1 Å². The highest BCUT2D eigenvalue weighted by Crippen LogP contribution is 2.33. The van der Waals surface area contributed by atoms with E-state index >= 15 is 0 Å². The fourth-order valence-electron chi connectivity index (χ4n) is 2.18. The van der Waals surface area contributed by atoms with E-state index in [-0.39, 0.29) is 5.25 Å². The lowest BCUT2D eigenvalue weighted by atomic mass is 10.3. The first-order chi connectivity index (χ1) is 10.6. The molecule has 22 heavy (non-hydrogen) atoms. The molecule has 0 spiro atoms. The van der Waals surface area contributed by atoms with Crippen molar-refractivity contribution in [2.24, 2.45) is 0 Å². The summed E-state index contributed by atoms with van der Waals surface area (Å²) in [6.45, 7) is 5.94. The molecule has 0 bridgehead atoms. The van der Waals surface area contributed by atoms with E-state index in [9.17, 15) is 0 Å². The van der Waals surface area contributed by atoms with Gasteiger partial charge in [0.1, 0.15) is 10.9 Å². The number of rotatable bonds is 4. The van der Waals surface area contributed by atoms with Gasteiger partial charge in [0.2, 0.25) is 0 Å². The van der Waals surface area contributed by atoms with Gasteiger partial charge in [-0.3, -0.25) is 0 Å². The highest BCUT2D eigenvalue weighted by molar-refractivity contribution is 7.99. The first kappa shape index (κ1) is 14.6. The number of nitrogens with zero attached hydrogens (tertiary/aromatic N) is 6. The SMILES string of the molecule is Cc1cc(S[C@H](C)c2nnnn2-c2ccccc2)nc(C)n1. The van der Waals surface area contributed by atoms with Crippen molar-refractivity contribution < 1.29 is 0 Å². The van der Waals surface area contributed by atoms with Crippen LogP contribution in [0.2, 0.25) is 0 Å². The number of benzene rings is 1. The van der Waals surface area contributed by atoms with E-state index < -0.39 is 0 Å². The van der Waals surface area contributed by atoms with Crippen LogP contribution in [0.1, 0.15) is 29.5 Å². The molecular formula is C15H16N6S. The monoisotopic (exact) mass is 312 g/mol. The molecule has 0 radical (unpaired) electrons. The van der Waals surface area contributed by atoms with Crippen LogP contribution in [0.3, 0.4) is 0 Å². The maximum Gasteiger partial charge on any atom is 0.169 e. The minimum atomic E-state index is 0.0731. The summed E-state index contributed by atoms with van der Waals surface area (Å²) in [6.07, 6.45) is 0. The first-order valence-corrected chi connectivity index (χ1v) is 7.84. The van der Waals surface area contributed by atoms with Crippen molar-refractivity contribution in [3.63, 3.8) is 0 Å². The second-order valence-electron chi connectivity index (χ2n) is 4.94. The minimum absolute atomic E-state index is 0.0731. The molecule has 2 heterocycles. The molecule has 0 saturated carbocycles. The van der Waals surface area contributed by atoms with Gasteiger partial charge in [-0.25, -0.2) is 9.97 Å². The van der Waals surface area contributed by atoms with Gasteiger partial charge in [0.25, 0.3) is 0 Å². The molecule has 7 heteroatoms. The molecule has 0 fully saturated rings. The molecular weight excluding hydrogens is 296 g/mol. The molecule has 3 aromatic rings. The summed E-state index contributed by atoms with van der Waals surface area (Å²) in [7, 11) is 0. The summed E-state index contributed by atoms with van der Waals surface area (Å²) >= 11 is 1.62. The lowest BCUT2D eigenvalue weighted by Gasteiger charge is -2.11. The van der Waals surface area contributed by atoms with Gasteiger partial charge in [-0.2, -0.15) is 4.68 Å². The van der Waals surface area contributed by atoms with Crippen LogP contribution in [0, 0.1) is 13.8 Å². The Hall–Kier alpha value is -2.28. The summed E-state index contributed by atoms with van der Waals surface area (Å²) in [6, 6.07) is 11.8. The molecule has 0 unspecified atom stereocenters. The largest absolute Gasteiger partial charge is 0.238 e. The molecule has 0 aliphatic carbocycles. The van der Waals surface area contributed by atoms with Crippen LogP contribution in [0.4, 0.5) is 0 Å². The second-order valence-corrected chi connectivity index (χ2v) is 6.30. The highest BCUT2D eigenvalue weighted by atomic mass is 32.2. The molecule has 112 valence electrons. The topological polar surface area (TPSA) is 69.4 Å². The Balaban J connectivity index is 1.87. The Labute approximate surface area is 133 Å². The number of aromatic nitrogens is 6. The Morgan fingerprint density at radius 1 is 1.09 bits per heavy atom. The van der Waals surface area contributed by atoms with Crippen molar-refractivity contribution in [2.45, 2.75) is 31.0 Å². The molecule has 0 N–H and O–H groups in total. The van der Waals surface area contributed by atoms with Gasteiger partial charge in [0.05, 0.1) is 10.9 Å². The van der Waals surface area contributed by atoms with Crippen molar-refractivity contribution >= 4 is 11.8 Å². The van der Waals surface area contributed by atoms with Crippen LogP contribution < -0.4 is 0 Å². The highest BCUT2D eigenvalue weighted by Gasteiger charge is 2.18. The van der Waals surface area contributed by atoms with Crippen LogP contribution in [0.15, 0.2) is 41.4 Å². The first-order valence-electron chi connectivity index (χ1n) is 6.96. The third-order valence-corrected chi connectivity index (χ3v) is 4.11. The zero-order chi connectivity index (χ0) is 15.5. The van der Waals surface area contributed by atoms with E-state index in [4.69, 9.17) is 0 Å². The van der Waals surface area contributed by atoms with E-state index in [2.05, 4.69) is 32.4 Å². The van der Waals surface area contributed by atoms with Crippen molar-refractivity contribution in [1.82, 2.24) is 30.2 Å². The van der Waals surface area contributed by atoms with Crippen LogP contribution >= 0.6 is 11.8 Å². The number of tetrazole rings is 1. The van der Waals surface area contributed by atoms with Gasteiger partial charge < -0.3 is 0 Å². The minimum Gasteiger partial charge on any atom is -0.238 e. The summed E-state index contributed by atoms with van der Waals surface area (Å²) < 4.78 is 1.76. The Morgan fingerprint density at radius 3 is 2.59 bits per heavy atom. The van der Waals surface area contributed by atoms with Gasteiger partial charge in [0, 0.05) is 5.69 Å². The summed E-state index contributed by atoms with van der Waals surface area (Å²) in [5, 5.41) is 13.1. The van der Waals surface area contributed by atoms with Crippen molar-refractivity contribution in [2.75, 3.05) is 0 Å². The Bertz CT molecular complexity index is 750. The third kappa shape index (κ3) is 3.14. The third-order valence-electron chi connectivity index (χ3n) is 3.10. The van der Waals surface area contributed by atoms with Crippen LogP contribution in [0.5, 0.6) is 0 Å². The number of para-hydroxylation sites is 1. The van der Waals surface area contributed by atoms with Crippen LogP contribution in [-0.2, 0) is 0 Å². The molecule has 1 atom stereocenters. The molecule has 6 nitrogen and oxygen atoms in total. The van der Waals surface area contributed by atoms with Crippen LogP contribution in [-0.4, -0.2) is 30.2 Å². The normalized spacial score (nSPS) is 12.3. The van der Waals surface area contributed by atoms with Crippen molar-refractivity contribution in [3.05, 3.63) is 53.7 Å². The zero-order valence-corrected chi connectivity index (χ0v) is 13.4. The fourth-order valence-corrected chi connectivity index (χ4v) is 3.22. The number of aryl methyl sites for hydroxylation is 2. The molecule has 2 aromatic heterocycles. The Morgan fingerprint density at radius 2 is 1.86 bits per heavy atom. The standard InChI is InChI=1S/C15H16N6S/c1-10-9-14(17-12(3)16-10)22-11(2)15-18-19-20-21(15)13-7-5-4-6-8-13/h4-9,11H,1-3H3/t11-/m1/s1.